The number of aliphatic hydroxyl groups excluding tert-OH is 2. The third-order valence-corrected chi connectivity index (χ3v) is 1.11. The van der Waals surface area contributed by atoms with Gasteiger partial charge in [0.2, 0.25) is 5.78 Å². The van der Waals surface area contributed by atoms with Crippen LogP contribution in [-0.2, 0) is 19.2 Å². The van der Waals surface area contributed by atoms with Gasteiger partial charge in [0.1, 0.15) is 0 Å². The van der Waals surface area contributed by atoms with E-state index < -0.39 is 35.9 Å². The molecule has 0 rings (SSSR count). The lowest BCUT2D eigenvalue weighted by Crippen LogP contribution is -2.39. The summed E-state index contributed by atoms with van der Waals surface area (Å²) in [7, 11) is 0. The molecule has 2 atom stereocenters. The smallest absolute Gasteiger partial charge is 0.371 e. The first kappa shape index (κ1) is 16.4. The minimum absolute atomic E-state index is 0.824. The highest BCUT2D eigenvalue weighted by atomic mass is 16.4. The number of Topliss-reactive ketones (excluding diaryl/α,β-unsaturated/α-hetero) is 1. The summed E-state index contributed by atoms with van der Waals surface area (Å²) >= 11 is 0. The Balaban J connectivity index is 0. The summed E-state index contributed by atoms with van der Waals surface area (Å²) in [5.74, 6) is -5.74. The van der Waals surface area contributed by atoms with E-state index in [1.54, 1.807) is 0 Å². The molecule has 0 radical (unpaired) electrons. The molecule has 0 saturated carbocycles. The van der Waals surface area contributed by atoms with E-state index in [1.165, 1.54) is 0 Å². The largest absolute Gasteiger partial charge is 0.479 e. The Labute approximate surface area is 88.6 Å². The summed E-state index contributed by atoms with van der Waals surface area (Å²) in [6, 6.07) is 0. The molecular weight excluding hydrogens is 228 g/mol. The standard InChI is InChI=1S/C4H6O6.C3H4O3/c5-1(3(7)8)2(6)4(9)10;1-2(4)3(5)6/h1-2,5-6H,(H,7,8)(H,9,10);1H3,(H,5,6)/t1-,2-;/m1./s1. The molecule has 0 fully saturated rings. The van der Waals surface area contributed by atoms with Gasteiger partial charge in [0.25, 0.3) is 0 Å². The van der Waals surface area contributed by atoms with Crippen LogP contribution in [0.5, 0.6) is 0 Å². The van der Waals surface area contributed by atoms with Gasteiger partial charge in [-0.05, 0) is 0 Å². The van der Waals surface area contributed by atoms with Crippen LogP contribution in [0.25, 0.3) is 0 Å². The van der Waals surface area contributed by atoms with Crippen LogP contribution in [0.4, 0.5) is 0 Å². The highest BCUT2D eigenvalue weighted by Crippen LogP contribution is 1.92. The van der Waals surface area contributed by atoms with Gasteiger partial charge < -0.3 is 25.5 Å². The third kappa shape index (κ3) is 7.41. The number of carboxylic acids is 3. The zero-order valence-electron chi connectivity index (χ0n) is 8.02. The number of hydrogen-bond donors (Lipinski definition) is 5. The maximum absolute atomic E-state index is 9.77. The number of carbonyl (C=O) groups excluding carboxylic acids is 1. The van der Waals surface area contributed by atoms with E-state index in [0.717, 1.165) is 6.92 Å². The Kier molecular flexibility index (Phi) is 7.51. The predicted octanol–water partition coefficient (Wildman–Crippen LogP) is -2.46. The van der Waals surface area contributed by atoms with Crippen LogP contribution in [-0.4, -0.2) is 61.4 Å². The van der Waals surface area contributed by atoms with Gasteiger partial charge in [-0.15, -0.1) is 0 Å². The summed E-state index contributed by atoms with van der Waals surface area (Å²) in [4.78, 5) is 38.4. The first-order chi connectivity index (χ1) is 7.11. The van der Waals surface area contributed by atoms with Crippen LogP contribution < -0.4 is 0 Å². The second kappa shape index (κ2) is 7.31. The molecule has 9 nitrogen and oxygen atoms in total. The molecule has 16 heavy (non-hydrogen) atoms. The van der Waals surface area contributed by atoms with Gasteiger partial charge in [0, 0.05) is 6.92 Å². The minimum atomic E-state index is -2.27. The van der Waals surface area contributed by atoms with Gasteiger partial charge in [0.15, 0.2) is 12.2 Å². The van der Waals surface area contributed by atoms with Crippen molar-refractivity contribution in [3.63, 3.8) is 0 Å². The van der Waals surface area contributed by atoms with Crippen LogP contribution in [0.1, 0.15) is 6.92 Å². The highest BCUT2D eigenvalue weighted by molar-refractivity contribution is 6.31. The lowest BCUT2D eigenvalue weighted by atomic mass is 10.2. The molecular formula is C7H10O9. The number of hydrogen-bond acceptors (Lipinski definition) is 6. The van der Waals surface area contributed by atoms with Crippen molar-refractivity contribution in [3.05, 3.63) is 0 Å². The first-order valence-electron chi connectivity index (χ1n) is 3.66. The van der Waals surface area contributed by atoms with Crippen molar-refractivity contribution in [1.29, 1.82) is 0 Å². The summed E-state index contributed by atoms with van der Waals surface area (Å²) in [6.45, 7) is 1.00. The Hall–Kier alpha value is -2.00. The molecule has 0 amide bonds. The maximum atomic E-state index is 9.77. The van der Waals surface area contributed by atoms with Crippen LogP contribution in [0, 0.1) is 0 Å². The minimum Gasteiger partial charge on any atom is -0.479 e. The van der Waals surface area contributed by atoms with E-state index in [0.29, 0.717) is 0 Å². The van der Waals surface area contributed by atoms with Crippen molar-refractivity contribution in [1.82, 2.24) is 0 Å². The second-order valence-electron chi connectivity index (χ2n) is 2.43. The zero-order valence-corrected chi connectivity index (χ0v) is 8.02. The molecule has 0 spiro atoms. The zero-order chi connectivity index (χ0) is 13.5. The van der Waals surface area contributed by atoms with Crippen LogP contribution in [0.15, 0.2) is 0 Å². The molecule has 0 aliphatic rings. The Morgan fingerprint density at radius 1 is 0.812 bits per heavy atom. The van der Waals surface area contributed by atoms with Gasteiger partial charge in [-0.1, -0.05) is 0 Å². The van der Waals surface area contributed by atoms with Gasteiger partial charge in [-0.25, -0.2) is 14.4 Å². The lowest BCUT2D eigenvalue weighted by Gasteiger charge is -2.07. The number of carboxylic acid groups (broad SMARTS) is 3. The summed E-state index contributed by atoms with van der Waals surface area (Å²) in [5.41, 5.74) is 0. The molecule has 0 aromatic heterocycles. The number of rotatable bonds is 4. The Morgan fingerprint density at radius 2 is 1.00 bits per heavy atom. The number of aliphatic carboxylic acids is 3. The predicted molar refractivity (Wildman–Crippen MR) is 45.6 cm³/mol. The second-order valence-corrected chi connectivity index (χ2v) is 2.43. The van der Waals surface area contributed by atoms with E-state index in [2.05, 4.69) is 0 Å². The molecule has 0 unspecified atom stereocenters. The van der Waals surface area contributed by atoms with Crippen LogP contribution in [0.3, 0.4) is 0 Å². The number of ketones is 1. The third-order valence-electron chi connectivity index (χ3n) is 1.11. The Bertz CT molecular complexity index is 264. The molecule has 92 valence electrons. The topological polar surface area (TPSA) is 169 Å². The number of carbonyl (C=O) groups is 4. The van der Waals surface area contributed by atoms with Crippen molar-refractivity contribution < 1.29 is 44.7 Å². The molecule has 5 N–H and O–H groups in total. The van der Waals surface area contributed by atoms with E-state index in [4.69, 9.17) is 25.5 Å². The van der Waals surface area contributed by atoms with E-state index in [1.807, 2.05) is 0 Å². The average molecular weight is 238 g/mol. The lowest BCUT2D eigenvalue weighted by molar-refractivity contribution is -0.165. The van der Waals surface area contributed by atoms with Gasteiger partial charge in [-0.3, -0.25) is 4.79 Å². The van der Waals surface area contributed by atoms with Crippen molar-refractivity contribution in [2.24, 2.45) is 0 Å². The monoisotopic (exact) mass is 238 g/mol. The molecule has 0 aromatic carbocycles. The quantitative estimate of drug-likeness (QED) is 0.333. The van der Waals surface area contributed by atoms with Crippen LogP contribution in [0.2, 0.25) is 0 Å². The summed E-state index contributed by atoms with van der Waals surface area (Å²) < 4.78 is 0. The van der Waals surface area contributed by atoms with Crippen molar-refractivity contribution in [2.75, 3.05) is 0 Å². The highest BCUT2D eigenvalue weighted by Gasteiger charge is 2.29. The normalized spacial score (nSPS) is 12.7. The molecule has 0 bridgehead atoms. The first-order valence-corrected chi connectivity index (χ1v) is 3.66. The van der Waals surface area contributed by atoms with Gasteiger partial charge in [-0.2, -0.15) is 0 Å². The van der Waals surface area contributed by atoms with E-state index >= 15 is 0 Å². The molecule has 9 heteroatoms. The average Bonchev–Trinajstić information content (AvgIpc) is 2.15. The van der Waals surface area contributed by atoms with Crippen LogP contribution >= 0.6 is 0 Å². The van der Waals surface area contributed by atoms with Crippen molar-refractivity contribution in [3.8, 4) is 0 Å². The van der Waals surface area contributed by atoms with E-state index in [9.17, 15) is 19.2 Å². The maximum Gasteiger partial charge on any atom is 0.371 e. The molecule has 0 aliphatic heterocycles. The Morgan fingerprint density at radius 3 is 1.06 bits per heavy atom. The summed E-state index contributed by atoms with van der Waals surface area (Å²) in [6.07, 6.45) is -4.53. The fraction of sp³-hybridized carbons (Fsp3) is 0.429. The number of aliphatic hydroxyl groups is 2. The van der Waals surface area contributed by atoms with Gasteiger partial charge in [0.05, 0.1) is 0 Å². The van der Waals surface area contributed by atoms with Crippen molar-refractivity contribution in [2.45, 2.75) is 19.1 Å². The fourth-order valence-corrected chi connectivity index (χ4v) is 0.270. The molecule has 0 aliphatic carbocycles. The molecule has 0 aromatic rings. The SMILES string of the molecule is CC(=O)C(=O)O.O=C(O)[C@H](O)[C@@H](O)C(=O)O. The summed E-state index contributed by atoms with van der Waals surface area (Å²) in [5, 5.41) is 40.2. The fourth-order valence-electron chi connectivity index (χ4n) is 0.270. The van der Waals surface area contributed by atoms with Gasteiger partial charge >= 0.3 is 17.9 Å². The molecule has 0 saturated heterocycles. The molecule has 0 heterocycles. The van der Waals surface area contributed by atoms with E-state index in [-0.39, 0.29) is 0 Å². The van der Waals surface area contributed by atoms with Crippen molar-refractivity contribution >= 4 is 23.7 Å².